The van der Waals surface area contributed by atoms with Crippen LogP contribution in [0.15, 0.2) is 23.2 Å². The zero-order chi connectivity index (χ0) is 21.4. The number of thioether (sulfide) groups is 1. The number of rotatable bonds is 6. The van der Waals surface area contributed by atoms with Crippen LogP contribution in [0.2, 0.25) is 0 Å². The van der Waals surface area contributed by atoms with Crippen molar-refractivity contribution >= 4 is 28.7 Å². The van der Waals surface area contributed by atoms with Crippen molar-refractivity contribution in [2.45, 2.75) is 44.5 Å². The summed E-state index contributed by atoms with van der Waals surface area (Å²) in [4.78, 5) is 17.3. The van der Waals surface area contributed by atoms with Gasteiger partial charge in [-0.05, 0) is 29.9 Å². The van der Waals surface area contributed by atoms with E-state index in [0.29, 0.717) is 17.4 Å². The second-order valence-electron chi connectivity index (χ2n) is 7.68. The molecule has 4 rings (SSSR count). The van der Waals surface area contributed by atoms with Crippen LogP contribution in [0, 0.1) is 5.92 Å². The number of aliphatic hydroxyl groups is 2. The fourth-order valence-electron chi connectivity index (χ4n) is 4.16. The maximum atomic E-state index is 9.73. The number of hydrogen-bond acceptors (Lipinski definition) is 8. The molecule has 0 fully saturated rings. The highest BCUT2D eigenvalue weighted by Gasteiger charge is 2.35. The molecule has 1 aliphatic rings. The number of hydrogen-bond donors (Lipinski definition) is 2. The molecule has 30 heavy (non-hydrogen) atoms. The number of fused-ring (bicyclic) bond motifs is 3. The molecule has 0 radical (unpaired) electrons. The van der Waals surface area contributed by atoms with Crippen LogP contribution >= 0.6 is 11.8 Å². The molecule has 3 heterocycles. The molecule has 0 bridgehead atoms. The van der Waals surface area contributed by atoms with E-state index in [-0.39, 0.29) is 25.2 Å². The second kappa shape index (κ2) is 8.41. The fourth-order valence-corrected chi connectivity index (χ4v) is 4.78. The largest absolute Gasteiger partial charge is 0.481 e. The van der Waals surface area contributed by atoms with E-state index in [2.05, 4.69) is 39.3 Å². The SMILES string of the molecule is COc1nc(N2CCn3c(nc4cc(CO)c(SC)cc43)C2C(C)C)ncc1CO. The Morgan fingerprint density at radius 2 is 1.93 bits per heavy atom. The minimum atomic E-state index is -0.169. The van der Waals surface area contributed by atoms with Crippen LogP contribution in [0.1, 0.15) is 36.8 Å². The Bertz CT molecular complexity index is 1070. The highest BCUT2D eigenvalue weighted by atomic mass is 32.2. The van der Waals surface area contributed by atoms with Gasteiger partial charge in [0.05, 0.1) is 43.0 Å². The van der Waals surface area contributed by atoms with Crippen LogP contribution in [-0.2, 0) is 19.8 Å². The Labute approximate surface area is 179 Å². The summed E-state index contributed by atoms with van der Waals surface area (Å²) in [6.07, 6.45) is 3.64. The molecule has 0 saturated heterocycles. The van der Waals surface area contributed by atoms with Crippen molar-refractivity contribution in [1.82, 2.24) is 19.5 Å². The van der Waals surface area contributed by atoms with Gasteiger partial charge in [-0.1, -0.05) is 13.8 Å². The predicted octanol–water partition coefficient (Wildman–Crippen LogP) is 2.76. The fraction of sp³-hybridized carbons (Fsp3) is 0.476. The van der Waals surface area contributed by atoms with Crippen molar-refractivity contribution < 1.29 is 14.9 Å². The molecular weight excluding hydrogens is 402 g/mol. The monoisotopic (exact) mass is 429 g/mol. The molecule has 0 saturated carbocycles. The van der Waals surface area contributed by atoms with Crippen LogP contribution in [0.3, 0.4) is 0 Å². The maximum Gasteiger partial charge on any atom is 0.229 e. The van der Waals surface area contributed by atoms with Gasteiger partial charge in [0.2, 0.25) is 11.8 Å². The molecule has 1 aliphatic heterocycles. The summed E-state index contributed by atoms with van der Waals surface area (Å²) in [5.74, 6) is 2.20. The summed E-state index contributed by atoms with van der Waals surface area (Å²) < 4.78 is 7.62. The minimum absolute atomic E-state index is 0.00111. The number of nitrogens with zero attached hydrogens (tertiary/aromatic N) is 5. The third-order valence-corrected chi connectivity index (χ3v) is 6.40. The van der Waals surface area contributed by atoms with Crippen molar-refractivity contribution in [3.63, 3.8) is 0 Å². The van der Waals surface area contributed by atoms with Crippen molar-refractivity contribution in [2.75, 3.05) is 24.8 Å². The van der Waals surface area contributed by atoms with Crippen molar-refractivity contribution in [3.05, 3.63) is 35.3 Å². The Hall–Kier alpha value is -2.36. The topological polar surface area (TPSA) is 96.5 Å². The van der Waals surface area contributed by atoms with E-state index in [1.807, 2.05) is 12.3 Å². The third kappa shape index (κ3) is 3.40. The van der Waals surface area contributed by atoms with E-state index < -0.39 is 0 Å². The first-order valence-electron chi connectivity index (χ1n) is 9.97. The first-order chi connectivity index (χ1) is 14.5. The van der Waals surface area contributed by atoms with Gasteiger partial charge in [0.15, 0.2) is 0 Å². The number of aliphatic hydroxyl groups excluding tert-OH is 2. The molecule has 1 atom stereocenters. The quantitative estimate of drug-likeness (QED) is 0.578. The number of anilines is 1. The molecular formula is C21H27N5O3S. The van der Waals surface area contributed by atoms with Crippen LogP contribution in [0.25, 0.3) is 11.0 Å². The summed E-state index contributed by atoms with van der Waals surface area (Å²) in [5, 5.41) is 19.2. The lowest BCUT2D eigenvalue weighted by Gasteiger charge is -2.38. The normalized spacial score (nSPS) is 16.4. The maximum absolute atomic E-state index is 9.73. The zero-order valence-corrected chi connectivity index (χ0v) is 18.5. The number of aromatic nitrogens is 4. The van der Waals surface area contributed by atoms with Gasteiger partial charge >= 0.3 is 0 Å². The first kappa shape index (κ1) is 20.9. The van der Waals surface area contributed by atoms with Crippen LogP contribution < -0.4 is 9.64 Å². The number of ether oxygens (including phenoxy) is 1. The molecule has 0 amide bonds. The Kier molecular flexibility index (Phi) is 5.86. The second-order valence-corrected chi connectivity index (χ2v) is 8.53. The lowest BCUT2D eigenvalue weighted by molar-refractivity contribution is 0.270. The smallest absolute Gasteiger partial charge is 0.229 e. The van der Waals surface area contributed by atoms with E-state index in [9.17, 15) is 10.2 Å². The molecule has 0 spiro atoms. The third-order valence-electron chi connectivity index (χ3n) is 5.58. The van der Waals surface area contributed by atoms with Gasteiger partial charge in [0.1, 0.15) is 5.82 Å². The van der Waals surface area contributed by atoms with E-state index >= 15 is 0 Å². The summed E-state index contributed by atoms with van der Waals surface area (Å²) >= 11 is 1.64. The van der Waals surface area contributed by atoms with Crippen molar-refractivity contribution in [2.24, 2.45) is 5.92 Å². The van der Waals surface area contributed by atoms with Crippen molar-refractivity contribution in [1.29, 1.82) is 0 Å². The number of benzene rings is 1. The summed E-state index contributed by atoms with van der Waals surface area (Å²) in [7, 11) is 1.54. The standard InChI is InChI=1S/C21H27N5O3S/c1-12(2)18-19-23-15-7-13(10-27)17(30-4)8-16(15)25(19)5-6-26(18)21-22-9-14(11-28)20(24-21)29-3/h7-9,12,18,27-28H,5-6,10-11H2,1-4H3. The average molecular weight is 430 g/mol. The molecule has 3 aromatic rings. The van der Waals surface area contributed by atoms with Gasteiger partial charge in [-0.3, -0.25) is 0 Å². The summed E-state index contributed by atoms with van der Waals surface area (Å²) in [5.41, 5.74) is 3.45. The van der Waals surface area contributed by atoms with E-state index in [4.69, 9.17) is 9.72 Å². The Balaban J connectivity index is 1.82. The minimum Gasteiger partial charge on any atom is -0.481 e. The molecule has 1 unspecified atom stereocenters. The highest BCUT2D eigenvalue weighted by Crippen LogP contribution is 2.38. The molecule has 2 N–H and O–H groups in total. The van der Waals surface area contributed by atoms with Crippen LogP contribution in [0.5, 0.6) is 5.88 Å². The number of methoxy groups -OCH3 is 1. The van der Waals surface area contributed by atoms with E-state index in [1.54, 1.807) is 25.1 Å². The predicted molar refractivity (Wildman–Crippen MR) is 117 cm³/mol. The molecule has 9 heteroatoms. The van der Waals surface area contributed by atoms with Gasteiger partial charge < -0.3 is 24.4 Å². The van der Waals surface area contributed by atoms with Crippen molar-refractivity contribution in [3.8, 4) is 5.88 Å². The lowest BCUT2D eigenvalue weighted by Crippen LogP contribution is -2.42. The first-order valence-corrected chi connectivity index (χ1v) is 11.2. The van der Waals surface area contributed by atoms with Crippen LogP contribution in [0.4, 0.5) is 5.95 Å². The lowest BCUT2D eigenvalue weighted by atomic mass is 10.00. The van der Waals surface area contributed by atoms with Crippen LogP contribution in [-0.4, -0.2) is 49.6 Å². The number of imidazole rings is 1. The molecule has 0 aliphatic carbocycles. The Morgan fingerprint density at radius 3 is 2.57 bits per heavy atom. The molecule has 160 valence electrons. The summed E-state index contributed by atoms with van der Waals surface area (Å²) in [6, 6.07) is 4.11. The van der Waals surface area contributed by atoms with Gasteiger partial charge in [-0.15, -0.1) is 11.8 Å². The molecule has 2 aromatic heterocycles. The van der Waals surface area contributed by atoms with E-state index in [1.165, 1.54) is 0 Å². The van der Waals surface area contributed by atoms with E-state index in [0.717, 1.165) is 40.4 Å². The van der Waals surface area contributed by atoms with Gasteiger partial charge in [0, 0.05) is 24.2 Å². The van der Waals surface area contributed by atoms with Gasteiger partial charge in [-0.25, -0.2) is 9.97 Å². The van der Waals surface area contributed by atoms with Gasteiger partial charge in [-0.2, -0.15) is 4.98 Å². The zero-order valence-electron chi connectivity index (χ0n) is 17.7. The highest BCUT2D eigenvalue weighted by molar-refractivity contribution is 7.98. The average Bonchev–Trinajstić information content (AvgIpc) is 3.13. The Morgan fingerprint density at radius 1 is 1.17 bits per heavy atom. The van der Waals surface area contributed by atoms with Gasteiger partial charge in [0.25, 0.3) is 0 Å². The molecule has 1 aromatic carbocycles. The summed E-state index contributed by atoms with van der Waals surface area (Å²) in [6.45, 7) is 5.65. The molecule has 8 nitrogen and oxygen atoms in total.